The summed E-state index contributed by atoms with van der Waals surface area (Å²) in [7, 11) is 0. The highest BCUT2D eigenvalue weighted by atomic mass is 79.9. The maximum absolute atomic E-state index is 12.8. The Morgan fingerprint density at radius 3 is 2.50 bits per heavy atom. The number of hydrogen-bond acceptors (Lipinski definition) is 4. The number of hydrogen-bond donors (Lipinski definition) is 0. The SMILES string of the molecule is Cc1cccc(-c2cc(N3CCN(C(=O)c4ccccc4Br)CC3)ncn2)c1. The highest BCUT2D eigenvalue weighted by Gasteiger charge is 2.24. The summed E-state index contributed by atoms with van der Waals surface area (Å²) in [4.78, 5) is 25.8. The lowest BCUT2D eigenvalue weighted by atomic mass is 10.1. The van der Waals surface area contributed by atoms with Gasteiger partial charge in [-0.1, -0.05) is 35.9 Å². The summed E-state index contributed by atoms with van der Waals surface area (Å²) in [5.74, 6) is 0.967. The average Bonchev–Trinajstić information content (AvgIpc) is 2.74. The third kappa shape index (κ3) is 3.92. The van der Waals surface area contributed by atoms with Crippen molar-refractivity contribution in [3.05, 3.63) is 76.5 Å². The van der Waals surface area contributed by atoms with E-state index >= 15 is 0 Å². The molecule has 2 aromatic carbocycles. The molecule has 1 fully saturated rings. The molecule has 1 aromatic heterocycles. The fourth-order valence-electron chi connectivity index (χ4n) is 3.43. The van der Waals surface area contributed by atoms with E-state index in [1.807, 2.05) is 41.3 Å². The van der Waals surface area contributed by atoms with Gasteiger partial charge in [-0.15, -0.1) is 0 Å². The van der Waals surface area contributed by atoms with E-state index in [2.05, 4.69) is 55.9 Å². The van der Waals surface area contributed by atoms with Crippen molar-refractivity contribution in [3.8, 4) is 11.3 Å². The molecule has 1 aliphatic rings. The molecule has 0 saturated carbocycles. The number of benzene rings is 2. The van der Waals surface area contributed by atoms with Crippen LogP contribution in [0.1, 0.15) is 15.9 Å². The fraction of sp³-hybridized carbons (Fsp3) is 0.227. The molecule has 28 heavy (non-hydrogen) atoms. The minimum atomic E-state index is 0.0651. The second kappa shape index (κ2) is 8.10. The van der Waals surface area contributed by atoms with E-state index in [1.54, 1.807) is 6.33 Å². The van der Waals surface area contributed by atoms with E-state index in [-0.39, 0.29) is 5.91 Å². The number of halogens is 1. The van der Waals surface area contributed by atoms with Crippen LogP contribution in [0.3, 0.4) is 0 Å². The lowest BCUT2D eigenvalue weighted by Crippen LogP contribution is -2.49. The van der Waals surface area contributed by atoms with Gasteiger partial charge in [-0.25, -0.2) is 9.97 Å². The molecular weight excluding hydrogens is 416 g/mol. The Morgan fingerprint density at radius 2 is 1.75 bits per heavy atom. The minimum Gasteiger partial charge on any atom is -0.353 e. The number of aryl methyl sites for hydroxylation is 1. The Balaban J connectivity index is 1.46. The number of aromatic nitrogens is 2. The van der Waals surface area contributed by atoms with Crippen LogP contribution in [0.2, 0.25) is 0 Å². The van der Waals surface area contributed by atoms with Gasteiger partial charge in [0.15, 0.2) is 0 Å². The van der Waals surface area contributed by atoms with Gasteiger partial charge in [-0.05, 0) is 41.1 Å². The predicted octanol–water partition coefficient (Wildman–Crippen LogP) is 4.18. The Morgan fingerprint density at radius 1 is 0.964 bits per heavy atom. The van der Waals surface area contributed by atoms with Crippen molar-refractivity contribution in [3.63, 3.8) is 0 Å². The zero-order valence-corrected chi connectivity index (χ0v) is 17.3. The van der Waals surface area contributed by atoms with Crippen molar-refractivity contribution in [1.82, 2.24) is 14.9 Å². The number of amides is 1. The number of nitrogens with zero attached hydrogens (tertiary/aromatic N) is 4. The lowest BCUT2D eigenvalue weighted by molar-refractivity contribution is 0.0745. The fourth-order valence-corrected chi connectivity index (χ4v) is 3.88. The average molecular weight is 437 g/mol. The normalized spacial score (nSPS) is 14.2. The molecule has 3 aromatic rings. The number of piperazine rings is 1. The molecule has 0 spiro atoms. The summed E-state index contributed by atoms with van der Waals surface area (Å²) in [6, 6.07) is 17.9. The van der Waals surface area contributed by atoms with E-state index in [0.717, 1.165) is 34.6 Å². The van der Waals surface area contributed by atoms with Gasteiger partial charge in [0.2, 0.25) is 0 Å². The van der Waals surface area contributed by atoms with Gasteiger partial charge in [-0.2, -0.15) is 0 Å². The molecule has 6 heteroatoms. The van der Waals surface area contributed by atoms with Crippen molar-refractivity contribution in [2.24, 2.45) is 0 Å². The largest absolute Gasteiger partial charge is 0.353 e. The number of anilines is 1. The summed E-state index contributed by atoms with van der Waals surface area (Å²) in [6.07, 6.45) is 1.62. The molecule has 2 heterocycles. The van der Waals surface area contributed by atoms with Gasteiger partial charge in [0.05, 0.1) is 11.3 Å². The van der Waals surface area contributed by atoms with Crippen molar-refractivity contribution >= 4 is 27.7 Å². The third-order valence-corrected chi connectivity index (χ3v) is 5.65. The van der Waals surface area contributed by atoms with E-state index in [9.17, 15) is 4.79 Å². The standard InChI is InChI=1S/C22H21BrN4O/c1-16-5-4-6-17(13-16)20-14-21(25-15-24-20)26-9-11-27(12-10-26)22(28)18-7-2-3-8-19(18)23/h2-8,13-15H,9-12H2,1H3. The van der Waals surface area contributed by atoms with Crippen molar-refractivity contribution in [1.29, 1.82) is 0 Å². The van der Waals surface area contributed by atoms with Gasteiger partial charge < -0.3 is 9.80 Å². The van der Waals surface area contributed by atoms with Crippen LogP contribution in [0.25, 0.3) is 11.3 Å². The molecule has 0 N–H and O–H groups in total. The van der Waals surface area contributed by atoms with Crippen LogP contribution in [-0.4, -0.2) is 47.0 Å². The summed E-state index contributed by atoms with van der Waals surface area (Å²) >= 11 is 3.47. The van der Waals surface area contributed by atoms with E-state index in [1.165, 1.54) is 5.56 Å². The van der Waals surface area contributed by atoms with Crippen LogP contribution in [0.5, 0.6) is 0 Å². The second-order valence-corrected chi connectivity index (χ2v) is 7.74. The van der Waals surface area contributed by atoms with Crippen LogP contribution >= 0.6 is 15.9 Å². The van der Waals surface area contributed by atoms with Crippen molar-refractivity contribution < 1.29 is 4.79 Å². The Hall–Kier alpha value is -2.73. The van der Waals surface area contributed by atoms with E-state index < -0.39 is 0 Å². The Bertz CT molecular complexity index is 999. The van der Waals surface area contributed by atoms with Crippen molar-refractivity contribution in [2.75, 3.05) is 31.1 Å². The summed E-state index contributed by atoms with van der Waals surface area (Å²) in [5.41, 5.74) is 3.92. The van der Waals surface area contributed by atoms with E-state index in [4.69, 9.17) is 0 Å². The van der Waals surface area contributed by atoms with Gasteiger partial charge in [-0.3, -0.25) is 4.79 Å². The first-order valence-electron chi connectivity index (χ1n) is 9.29. The van der Waals surface area contributed by atoms with E-state index in [0.29, 0.717) is 18.7 Å². The Kier molecular flexibility index (Phi) is 5.39. The molecule has 0 aliphatic carbocycles. The van der Waals surface area contributed by atoms with Gasteiger partial charge in [0, 0.05) is 42.3 Å². The molecule has 1 amide bonds. The maximum atomic E-state index is 12.8. The molecule has 1 saturated heterocycles. The third-order valence-electron chi connectivity index (χ3n) is 4.96. The molecule has 142 valence electrons. The quantitative estimate of drug-likeness (QED) is 0.617. The first-order valence-corrected chi connectivity index (χ1v) is 10.1. The molecule has 0 radical (unpaired) electrons. The first kappa shape index (κ1) is 18.6. The highest BCUT2D eigenvalue weighted by Crippen LogP contribution is 2.23. The first-order chi connectivity index (χ1) is 13.6. The number of rotatable bonds is 3. The number of carbonyl (C=O) groups excluding carboxylic acids is 1. The smallest absolute Gasteiger partial charge is 0.255 e. The summed E-state index contributed by atoms with van der Waals surface area (Å²) in [6.45, 7) is 4.92. The second-order valence-electron chi connectivity index (χ2n) is 6.89. The van der Waals surface area contributed by atoms with Crippen molar-refractivity contribution in [2.45, 2.75) is 6.92 Å². The molecular formula is C22H21BrN4O. The topological polar surface area (TPSA) is 49.3 Å². The zero-order chi connectivity index (χ0) is 19.5. The summed E-state index contributed by atoms with van der Waals surface area (Å²) < 4.78 is 0.834. The molecule has 0 atom stereocenters. The molecule has 4 rings (SSSR count). The number of carbonyl (C=O) groups is 1. The zero-order valence-electron chi connectivity index (χ0n) is 15.7. The van der Waals surface area contributed by atoms with Crippen LogP contribution in [0.15, 0.2) is 65.4 Å². The monoisotopic (exact) mass is 436 g/mol. The maximum Gasteiger partial charge on any atom is 0.255 e. The van der Waals surface area contributed by atoms with Gasteiger partial charge >= 0.3 is 0 Å². The van der Waals surface area contributed by atoms with Gasteiger partial charge in [0.1, 0.15) is 12.1 Å². The highest BCUT2D eigenvalue weighted by molar-refractivity contribution is 9.10. The van der Waals surface area contributed by atoms with Crippen LogP contribution in [0, 0.1) is 6.92 Å². The molecule has 0 bridgehead atoms. The Labute approximate surface area is 173 Å². The summed E-state index contributed by atoms with van der Waals surface area (Å²) in [5, 5.41) is 0. The van der Waals surface area contributed by atoms with Gasteiger partial charge in [0.25, 0.3) is 5.91 Å². The predicted molar refractivity (Wildman–Crippen MR) is 114 cm³/mol. The van der Waals surface area contributed by atoms with Crippen LogP contribution in [0.4, 0.5) is 5.82 Å². The molecule has 1 aliphatic heterocycles. The molecule has 0 unspecified atom stereocenters. The van der Waals surface area contributed by atoms with Crippen LogP contribution < -0.4 is 4.90 Å². The molecule has 5 nitrogen and oxygen atoms in total. The van der Waals surface area contributed by atoms with Crippen LogP contribution in [-0.2, 0) is 0 Å². The lowest BCUT2D eigenvalue weighted by Gasteiger charge is -2.35. The minimum absolute atomic E-state index is 0.0651.